The van der Waals surface area contributed by atoms with Crippen molar-refractivity contribution in [3.8, 4) is 5.69 Å². The number of aromatic amines is 1. The number of benzene rings is 1. The Kier molecular flexibility index (Phi) is 5.16. The summed E-state index contributed by atoms with van der Waals surface area (Å²) in [5.41, 5.74) is 2.14. The van der Waals surface area contributed by atoms with Crippen molar-refractivity contribution >= 4 is 11.9 Å². The molecule has 2 heterocycles. The zero-order valence-electron chi connectivity index (χ0n) is 15.5. The second-order valence-corrected chi connectivity index (χ2v) is 7.01. The van der Waals surface area contributed by atoms with Gasteiger partial charge in [0.25, 0.3) is 5.91 Å². The molecule has 2 N–H and O–H groups in total. The van der Waals surface area contributed by atoms with Gasteiger partial charge in [-0.05, 0) is 30.0 Å². The maximum Gasteiger partial charge on any atom is 0.276 e. The molecule has 0 bridgehead atoms. The van der Waals surface area contributed by atoms with Crippen LogP contribution >= 0.6 is 0 Å². The van der Waals surface area contributed by atoms with E-state index in [0.717, 1.165) is 23.6 Å². The SMILES string of the molecule is CC(C)Cc1nc(NC(=O)c2cc(C(C)C)nn2-c2ccccc2)n[nH]1. The fourth-order valence-corrected chi connectivity index (χ4v) is 2.60. The summed E-state index contributed by atoms with van der Waals surface area (Å²) in [4.78, 5) is 17.1. The number of carbonyl (C=O) groups excluding carboxylic acids is 1. The van der Waals surface area contributed by atoms with Gasteiger partial charge in [0.05, 0.1) is 11.4 Å². The summed E-state index contributed by atoms with van der Waals surface area (Å²) < 4.78 is 1.66. The third-order valence-corrected chi connectivity index (χ3v) is 3.91. The molecule has 0 saturated heterocycles. The van der Waals surface area contributed by atoms with E-state index in [4.69, 9.17) is 0 Å². The van der Waals surface area contributed by atoms with Crippen molar-refractivity contribution in [2.45, 2.75) is 40.0 Å². The molecule has 0 radical (unpaired) electrons. The number of nitrogens with one attached hydrogen (secondary N) is 2. The first-order valence-electron chi connectivity index (χ1n) is 8.82. The van der Waals surface area contributed by atoms with Gasteiger partial charge in [-0.15, -0.1) is 5.10 Å². The van der Waals surface area contributed by atoms with Crippen LogP contribution in [0.5, 0.6) is 0 Å². The highest BCUT2D eigenvalue weighted by Crippen LogP contribution is 2.19. The standard InChI is InChI=1S/C19H24N6O/c1-12(2)10-17-20-19(23-22-17)21-18(26)16-11-15(13(3)4)24-25(16)14-8-6-5-7-9-14/h5-9,11-13H,10H2,1-4H3,(H2,20,21,22,23,26). The van der Waals surface area contributed by atoms with Crippen molar-refractivity contribution in [2.75, 3.05) is 5.32 Å². The molecule has 0 aliphatic carbocycles. The number of amides is 1. The van der Waals surface area contributed by atoms with Crippen LogP contribution in [0.25, 0.3) is 5.69 Å². The highest BCUT2D eigenvalue weighted by Gasteiger charge is 2.19. The van der Waals surface area contributed by atoms with E-state index in [9.17, 15) is 4.79 Å². The van der Waals surface area contributed by atoms with Crippen molar-refractivity contribution in [3.63, 3.8) is 0 Å². The Balaban J connectivity index is 1.87. The van der Waals surface area contributed by atoms with Gasteiger partial charge in [0.2, 0.25) is 5.95 Å². The maximum absolute atomic E-state index is 12.8. The fraction of sp³-hybridized carbons (Fsp3) is 0.368. The van der Waals surface area contributed by atoms with Gasteiger partial charge in [-0.3, -0.25) is 15.2 Å². The highest BCUT2D eigenvalue weighted by atomic mass is 16.2. The van der Waals surface area contributed by atoms with Gasteiger partial charge in [0.1, 0.15) is 11.5 Å². The minimum absolute atomic E-state index is 0.215. The molecule has 0 spiro atoms. The molecule has 136 valence electrons. The summed E-state index contributed by atoms with van der Waals surface area (Å²) in [5.74, 6) is 1.42. The second kappa shape index (κ2) is 7.51. The summed E-state index contributed by atoms with van der Waals surface area (Å²) >= 11 is 0. The number of carbonyl (C=O) groups is 1. The number of nitrogens with zero attached hydrogens (tertiary/aromatic N) is 4. The Morgan fingerprint density at radius 1 is 1.19 bits per heavy atom. The first kappa shape index (κ1) is 17.8. The van der Waals surface area contributed by atoms with Crippen LogP contribution in [-0.4, -0.2) is 30.9 Å². The minimum Gasteiger partial charge on any atom is -0.288 e. The molecule has 0 unspecified atom stereocenters. The third kappa shape index (κ3) is 3.99. The Morgan fingerprint density at radius 3 is 2.58 bits per heavy atom. The van der Waals surface area contributed by atoms with Crippen molar-refractivity contribution in [2.24, 2.45) is 5.92 Å². The van der Waals surface area contributed by atoms with E-state index in [2.05, 4.69) is 39.4 Å². The normalized spacial score (nSPS) is 11.3. The van der Waals surface area contributed by atoms with E-state index in [1.54, 1.807) is 4.68 Å². The molecule has 3 rings (SSSR count). The van der Waals surface area contributed by atoms with Crippen LogP contribution in [-0.2, 0) is 6.42 Å². The zero-order chi connectivity index (χ0) is 18.7. The molecule has 0 fully saturated rings. The van der Waals surface area contributed by atoms with E-state index < -0.39 is 0 Å². The third-order valence-electron chi connectivity index (χ3n) is 3.91. The van der Waals surface area contributed by atoms with Gasteiger partial charge in [-0.2, -0.15) is 10.1 Å². The smallest absolute Gasteiger partial charge is 0.276 e. The molecule has 26 heavy (non-hydrogen) atoms. The van der Waals surface area contributed by atoms with E-state index >= 15 is 0 Å². The lowest BCUT2D eigenvalue weighted by molar-refractivity contribution is 0.101. The summed E-state index contributed by atoms with van der Waals surface area (Å²) in [6.45, 7) is 8.30. The molecule has 7 heteroatoms. The molecule has 1 amide bonds. The minimum atomic E-state index is -0.289. The van der Waals surface area contributed by atoms with Crippen molar-refractivity contribution in [1.82, 2.24) is 25.0 Å². The van der Waals surface area contributed by atoms with E-state index in [0.29, 0.717) is 11.6 Å². The van der Waals surface area contributed by atoms with Crippen LogP contribution in [0.4, 0.5) is 5.95 Å². The lowest BCUT2D eigenvalue weighted by atomic mass is 10.1. The quantitative estimate of drug-likeness (QED) is 0.710. The number of para-hydroxylation sites is 1. The lowest BCUT2D eigenvalue weighted by Gasteiger charge is -2.06. The van der Waals surface area contributed by atoms with Crippen LogP contribution < -0.4 is 5.32 Å². The number of rotatable bonds is 6. The van der Waals surface area contributed by atoms with E-state index in [1.807, 2.05) is 50.2 Å². The second-order valence-electron chi connectivity index (χ2n) is 7.01. The molecule has 0 aliphatic heterocycles. The predicted molar refractivity (Wildman–Crippen MR) is 101 cm³/mol. The number of anilines is 1. The van der Waals surface area contributed by atoms with Crippen molar-refractivity contribution < 1.29 is 4.79 Å². The van der Waals surface area contributed by atoms with E-state index in [-0.39, 0.29) is 17.8 Å². The number of hydrogen-bond acceptors (Lipinski definition) is 4. The number of aromatic nitrogens is 5. The van der Waals surface area contributed by atoms with Gasteiger partial charge >= 0.3 is 0 Å². The van der Waals surface area contributed by atoms with E-state index in [1.165, 1.54) is 0 Å². The van der Waals surface area contributed by atoms with Crippen LogP contribution in [0, 0.1) is 5.92 Å². The molecule has 0 saturated carbocycles. The molecule has 1 aromatic carbocycles. The molecule has 0 aliphatic rings. The Morgan fingerprint density at radius 2 is 1.92 bits per heavy atom. The average Bonchev–Trinajstić information content (AvgIpc) is 3.22. The van der Waals surface area contributed by atoms with Crippen LogP contribution in [0.2, 0.25) is 0 Å². The van der Waals surface area contributed by atoms with Crippen LogP contribution in [0.15, 0.2) is 36.4 Å². The fourth-order valence-electron chi connectivity index (χ4n) is 2.60. The molecular formula is C19H24N6O. The largest absolute Gasteiger partial charge is 0.288 e. The first-order chi connectivity index (χ1) is 12.4. The summed E-state index contributed by atoms with van der Waals surface area (Å²) in [6, 6.07) is 11.4. The first-order valence-corrected chi connectivity index (χ1v) is 8.82. The summed E-state index contributed by atoms with van der Waals surface area (Å²) in [7, 11) is 0. The maximum atomic E-state index is 12.8. The molecule has 3 aromatic rings. The molecule has 0 atom stereocenters. The van der Waals surface area contributed by atoms with Gasteiger partial charge < -0.3 is 0 Å². The van der Waals surface area contributed by atoms with Crippen LogP contribution in [0.3, 0.4) is 0 Å². The average molecular weight is 352 g/mol. The molecule has 2 aromatic heterocycles. The summed E-state index contributed by atoms with van der Waals surface area (Å²) in [5, 5.41) is 14.3. The predicted octanol–water partition coefficient (Wildman–Crippen LogP) is 3.56. The Hall–Kier alpha value is -2.96. The molecular weight excluding hydrogens is 328 g/mol. The Bertz CT molecular complexity index is 879. The topological polar surface area (TPSA) is 88.5 Å². The molecule has 7 nitrogen and oxygen atoms in total. The highest BCUT2D eigenvalue weighted by molar-refractivity contribution is 6.02. The van der Waals surface area contributed by atoms with Gasteiger partial charge in [-0.25, -0.2) is 4.68 Å². The van der Waals surface area contributed by atoms with Crippen LogP contribution in [0.1, 0.15) is 55.6 Å². The van der Waals surface area contributed by atoms with Gasteiger partial charge in [-0.1, -0.05) is 45.9 Å². The monoisotopic (exact) mass is 352 g/mol. The van der Waals surface area contributed by atoms with Crippen molar-refractivity contribution in [1.29, 1.82) is 0 Å². The van der Waals surface area contributed by atoms with Gasteiger partial charge in [0, 0.05) is 6.42 Å². The number of hydrogen-bond donors (Lipinski definition) is 2. The lowest BCUT2D eigenvalue weighted by Crippen LogP contribution is -2.17. The zero-order valence-corrected chi connectivity index (χ0v) is 15.5. The van der Waals surface area contributed by atoms with Gasteiger partial charge in [0.15, 0.2) is 0 Å². The summed E-state index contributed by atoms with van der Waals surface area (Å²) in [6.07, 6.45) is 0.780. The Labute approximate surface area is 152 Å². The number of H-pyrrole nitrogens is 1. The van der Waals surface area contributed by atoms with Crippen molar-refractivity contribution in [3.05, 3.63) is 53.6 Å².